The summed E-state index contributed by atoms with van der Waals surface area (Å²) in [5.74, 6) is 0.257. The van der Waals surface area contributed by atoms with Gasteiger partial charge in [0.15, 0.2) is 0 Å². The number of alkyl halides is 1. The highest BCUT2D eigenvalue weighted by molar-refractivity contribution is 7.89. The van der Waals surface area contributed by atoms with Crippen molar-refractivity contribution in [3.05, 3.63) is 28.2 Å². The van der Waals surface area contributed by atoms with E-state index in [1.807, 2.05) is 0 Å². The molecule has 8 heteroatoms. The Kier molecular flexibility index (Phi) is 4.98. The number of hydrogen-bond donors (Lipinski definition) is 0. The maximum Gasteiger partial charge on any atom is 0.243 e. The van der Waals surface area contributed by atoms with Crippen molar-refractivity contribution in [2.24, 2.45) is 0 Å². The summed E-state index contributed by atoms with van der Waals surface area (Å²) < 4.78 is 31.6. The van der Waals surface area contributed by atoms with Gasteiger partial charge in [0.05, 0.1) is 27.7 Å². The van der Waals surface area contributed by atoms with Crippen LogP contribution < -0.4 is 0 Å². The number of benzene rings is 1. The van der Waals surface area contributed by atoms with Gasteiger partial charge < -0.3 is 4.74 Å². The van der Waals surface area contributed by atoms with Crippen molar-refractivity contribution in [1.82, 2.24) is 4.31 Å². The Morgan fingerprint density at radius 1 is 1.32 bits per heavy atom. The summed E-state index contributed by atoms with van der Waals surface area (Å²) >= 11 is 17.3. The van der Waals surface area contributed by atoms with Gasteiger partial charge >= 0.3 is 0 Å². The lowest BCUT2D eigenvalue weighted by molar-refractivity contribution is 0.0122. The summed E-state index contributed by atoms with van der Waals surface area (Å²) in [6.07, 6.45) is -0.284. The van der Waals surface area contributed by atoms with Crippen molar-refractivity contribution >= 4 is 44.8 Å². The minimum absolute atomic E-state index is 0.122. The number of nitrogens with zero attached hydrogens (tertiary/aromatic N) is 1. The summed E-state index contributed by atoms with van der Waals surface area (Å²) in [4.78, 5) is 0.122. The van der Waals surface area contributed by atoms with Crippen LogP contribution >= 0.6 is 34.8 Å². The van der Waals surface area contributed by atoms with Crippen LogP contribution in [0, 0.1) is 0 Å². The molecule has 0 amide bonds. The lowest BCUT2D eigenvalue weighted by Gasteiger charge is -2.31. The largest absolute Gasteiger partial charge is 0.374 e. The number of ether oxygens (including phenoxy) is 1. The highest BCUT2D eigenvalue weighted by Crippen LogP contribution is 2.27. The number of morpholine rings is 1. The lowest BCUT2D eigenvalue weighted by atomic mass is 10.3. The molecule has 0 saturated carbocycles. The molecule has 1 aromatic rings. The smallest absolute Gasteiger partial charge is 0.243 e. The molecule has 4 nitrogen and oxygen atoms in total. The fourth-order valence-electron chi connectivity index (χ4n) is 1.79. The number of hydrogen-bond acceptors (Lipinski definition) is 3. The van der Waals surface area contributed by atoms with Crippen LogP contribution in [0.25, 0.3) is 0 Å². The van der Waals surface area contributed by atoms with Gasteiger partial charge in [0.1, 0.15) is 0 Å². The van der Waals surface area contributed by atoms with Crippen LogP contribution in [-0.2, 0) is 14.8 Å². The molecule has 0 bridgehead atoms. The first kappa shape index (κ1) is 15.4. The fraction of sp³-hybridized carbons (Fsp3) is 0.455. The third-order valence-corrected chi connectivity index (χ3v) is 5.75. The van der Waals surface area contributed by atoms with E-state index in [-0.39, 0.29) is 28.4 Å². The Morgan fingerprint density at radius 2 is 2.05 bits per heavy atom. The SMILES string of the molecule is O=S(=O)(c1ccc(Cl)c(Cl)c1)N1CCOC(CCl)C1. The zero-order valence-electron chi connectivity index (χ0n) is 9.85. The van der Waals surface area contributed by atoms with E-state index in [2.05, 4.69) is 0 Å². The summed E-state index contributed by atoms with van der Waals surface area (Å²) in [7, 11) is -3.59. The number of sulfonamides is 1. The molecule has 1 saturated heterocycles. The van der Waals surface area contributed by atoms with Gasteiger partial charge in [-0.15, -0.1) is 11.6 Å². The second-order valence-corrected chi connectivity index (χ2v) is 7.15. The highest BCUT2D eigenvalue weighted by atomic mass is 35.5. The van der Waals surface area contributed by atoms with Crippen molar-refractivity contribution in [2.45, 2.75) is 11.0 Å². The average Bonchev–Trinajstić information content (AvgIpc) is 2.41. The van der Waals surface area contributed by atoms with Crippen molar-refractivity contribution in [1.29, 1.82) is 0 Å². The maximum atomic E-state index is 12.4. The molecule has 2 rings (SSSR count). The lowest BCUT2D eigenvalue weighted by Crippen LogP contribution is -2.46. The molecule has 1 aliphatic rings. The van der Waals surface area contributed by atoms with Crippen LogP contribution in [0.2, 0.25) is 10.0 Å². The van der Waals surface area contributed by atoms with E-state index in [1.54, 1.807) is 0 Å². The summed E-state index contributed by atoms with van der Waals surface area (Å²) in [5.41, 5.74) is 0. The van der Waals surface area contributed by atoms with Gasteiger partial charge in [-0.05, 0) is 18.2 Å². The van der Waals surface area contributed by atoms with Crippen LogP contribution in [0.3, 0.4) is 0 Å². The molecule has 1 heterocycles. The van der Waals surface area contributed by atoms with E-state index >= 15 is 0 Å². The van der Waals surface area contributed by atoms with Crippen LogP contribution in [0.4, 0.5) is 0 Å². The van der Waals surface area contributed by atoms with Crippen molar-refractivity contribution in [3.8, 4) is 0 Å². The minimum Gasteiger partial charge on any atom is -0.374 e. The Labute approximate surface area is 127 Å². The molecular weight excluding hydrogens is 333 g/mol. The standard InChI is InChI=1S/C11H12Cl3NO3S/c12-6-8-7-15(3-4-18-8)19(16,17)9-1-2-10(13)11(14)5-9/h1-2,5,8H,3-4,6-7H2. The number of rotatable bonds is 3. The van der Waals surface area contributed by atoms with Gasteiger partial charge in [0.2, 0.25) is 10.0 Å². The van der Waals surface area contributed by atoms with E-state index in [1.165, 1.54) is 22.5 Å². The van der Waals surface area contributed by atoms with Crippen LogP contribution in [0.1, 0.15) is 0 Å². The minimum atomic E-state index is -3.59. The molecule has 1 aromatic carbocycles. The summed E-state index contributed by atoms with van der Waals surface area (Å²) in [6, 6.07) is 4.26. The molecule has 0 spiro atoms. The second-order valence-electron chi connectivity index (χ2n) is 4.09. The Hall–Kier alpha value is -0.0400. The molecule has 0 aromatic heterocycles. The zero-order chi connectivity index (χ0) is 14.0. The predicted octanol–water partition coefficient (Wildman–Crippen LogP) is 2.62. The normalized spacial score (nSPS) is 21.5. The van der Waals surface area contributed by atoms with Crippen LogP contribution in [-0.4, -0.2) is 44.4 Å². The van der Waals surface area contributed by atoms with Crippen molar-refractivity contribution < 1.29 is 13.2 Å². The van der Waals surface area contributed by atoms with Gasteiger partial charge in [0.25, 0.3) is 0 Å². The molecule has 0 aliphatic carbocycles. The molecule has 0 N–H and O–H groups in total. The molecule has 1 fully saturated rings. The average molecular weight is 345 g/mol. The van der Waals surface area contributed by atoms with E-state index < -0.39 is 10.0 Å². The predicted molar refractivity (Wildman–Crippen MR) is 75.7 cm³/mol. The first-order chi connectivity index (χ1) is 8.95. The molecule has 1 atom stereocenters. The van der Waals surface area contributed by atoms with Crippen molar-refractivity contribution in [3.63, 3.8) is 0 Å². The molecular formula is C11H12Cl3NO3S. The van der Waals surface area contributed by atoms with Gasteiger partial charge in [0, 0.05) is 19.0 Å². The second kappa shape index (κ2) is 6.16. The Balaban J connectivity index is 2.28. The fourth-order valence-corrected chi connectivity index (χ4v) is 3.82. The van der Waals surface area contributed by atoms with E-state index in [9.17, 15) is 8.42 Å². The van der Waals surface area contributed by atoms with Gasteiger partial charge in [-0.1, -0.05) is 23.2 Å². The topological polar surface area (TPSA) is 46.6 Å². The summed E-state index contributed by atoms with van der Waals surface area (Å²) in [6.45, 7) is 0.875. The van der Waals surface area contributed by atoms with E-state index in [4.69, 9.17) is 39.5 Å². The third-order valence-electron chi connectivity index (χ3n) is 2.80. The third kappa shape index (κ3) is 3.35. The summed E-state index contributed by atoms with van der Waals surface area (Å²) in [5, 5.41) is 0.533. The monoisotopic (exact) mass is 343 g/mol. The van der Waals surface area contributed by atoms with Crippen molar-refractivity contribution in [2.75, 3.05) is 25.6 Å². The molecule has 0 radical (unpaired) electrons. The van der Waals surface area contributed by atoms with Gasteiger partial charge in [-0.3, -0.25) is 0 Å². The number of halogens is 3. The molecule has 1 aliphatic heterocycles. The van der Waals surface area contributed by atoms with Crippen LogP contribution in [0.15, 0.2) is 23.1 Å². The first-order valence-electron chi connectivity index (χ1n) is 5.58. The molecule has 1 unspecified atom stereocenters. The molecule has 19 heavy (non-hydrogen) atoms. The Bertz CT molecular complexity index is 564. The Morgan fingerprint density at radius 3 is 2.68 bits per heavy atom. The van der Waals surface area contributed by atoms with E-state index in [0.29, 0.717) is 18.2 Å². The highest BCUT2D eigenvalue weighted by Gasteiger charge is 2.30. The van der Waals surface area contributed by atoms with Gasteiger partial charge in [-0.25, -0.2) is 8.42 Å². The quantitative estimate of drug-likeness (QED) is 0.792. The zero-order valence-corrected chi connectivity index (χ0v) is 12.9. The van der Waals surface area contributed by atoms with Crippen LogP contribution in [0.5, 0.6) is 0 Å². The molecule has 106 valence electrons. The van der Waals surface area contributed by atoms with E-state index in [0.717, 1.165) is 0 Å². The first-order valence-corrected chi connectivity index (χ1v) is 8.31. The maximum absolute atomic E-state index is 12.4. The van der Waals surface area contributed by atoms with Gasteiger partial charge in [-0.2, -0.15) is 4.31 Å².